The van der Waals surface area contributed by atoms with Crippen LogP contribution in [0.25, 0.3) is 94.4 Å². The molecule has 0 spiro atoms. The second-order valence-corrected chi connectivity index (χ2v) is 22.7. The molecule has 8 aromatic carbocycles. The molecule has 2 aromatic heterocycles. The van der Waals surface area contributed by atoms with Gasteiger partial charge in [-0.15, -0.1) is 0 Å². The molecule has 75 heavy (non-hydrogen) atoms. The summed E-state index contributed by atoms with van der Waals surface area (Å²) in [6.45, 7) is -0.521. The highest BCUT2D eigenvalue weighted by Crippen LogP contribution is 2.54. The van der Waals surface area contributed by atoms with E-state index in [2.05, 4.69) is 195 Å². The molecule has 360 valence electrons. The lowest BCUT2D eigenvalue weighted by molar-refractivity contribution is 0.359. The quantitative estimate of drug-likeness (QED) is 0.156. The summed E-state index contributed by atoms with van der Waals surface area (Å²) in [6, 6.07) is 57.5. The van der Waals surface area contributed by atoms with Gasteiger partial charge in [0.2, 0.25) is 0 Å². The SMILES string of the molecule is O=c1c2cc3c(cc2n2n1-c1c(-c4c(C5=CCCC=C5)cccc4-c4ccccc4)cc(-c4c(-c5ccccc5)cccc4-c4ccccc4)c4c1B2n1c2cc5c(cc2c(=O)n1-4)C1CCC5CC1)C1CCC3CC1. The first-order valence-electron chi connectivity index (χ1n) is 27.7. The van der Waals surface area contributed by atoms with Gasteiger partial charge in [0.15, 0.2) is 0 Å². The molecule has 0 atom stereocenters. The zero-order chi connectivity index (χ0) is 49.2. The molecule has 7 aliphatic carbocycles. The summed E-state index contributed by atoms with van der Waals surface area (Å²) in [6.07, 6.45) is 18.4. The molecule has 0 radical (unpaired) electrons. The van der Waals surface area contributed by atoms with Crippen LogP contribution in [0.15, 0.2) is 186 Å². The Balaban J connectivity index is 1.09. The van der Waals surface area contributed by atoms with Gasteiger partial charge in [0.25, 0.3) is 11.1 Å². The highest BCUT2D eigenvalue weighted by atomic mass is 16.1. The van der Waals surface area contributed by atoms with Crippen molar-refractivity contribution in [2.24, 2.45) is 0 Å². The zero-order valence-electron chi connectivity index (χ0n) is 41.8. The molecule has 7 heteroatoms. The zero-order valence-corrected chi connectivity index (χ0v) is 41.8. The van der Waals surface area contributed by atoms with Crippen LogP contribution in [0.2, 0.25) is 0 Å². The van der Waals surface area contributed by atoms with E-state index >= 15 is 9.59 Å². The van der Waals surface area contributed by atoms with Gasteiger partial charge in [0, 0.05) is 16.6 Å². The topological polar surface area (TPSA) is 53.9 Å². The lowest BCUT2D eigenvalue weighted by Gasteiger charge is -2.38. The average molecular weight is 969 g/mol. The predicted molar refractivity (Wildman–Crippen MR) is 306 cm³/mol. The number of allylic oxidation sites excluding steroid dienone is 4. The number of aromatic nitrogens is 4. The van der Waals surface area contributed by atoms with Crippen LogP contribution in [-0.2, 0) is 0 Å². The first-order valence-corrected chi connectivity index (χ1v) is 27.7. The largest absolute Gasteiger partial charge is 0.456 e. The molecular weight excluding hydrogens is 916 g/mol. The molecule has 2 saturated carbocycles. The fraction of sp³-hybridized carbons (Fsp3) is 0.206. The van der Waals surface area contributed by atoms with E-state index in [0.717, 1.165) is 113 Å². The standard InChI is InChI=1S/C68H53BN4O2/c74-67-56-35-52-44-27-31-46(32-28-44)54(52)38-60(56)72-69-64-65(70(67)72)58(62-48(40-15-5-1-6-16-40)23-13-24-49(62)41-17-7-2-8-18-41)37-59(63-50(42-19-9-3-10-20-42)25-14-26-51(63)43-21-11-4-12-22-43)66(64)71-68(75)57-36-53-45-29-33-47(34-30-45)55(53)39-61(57)73(69)71/h1-3,5-11,13-26,35-39,44-47H,4,12,27-34H2. The molecule has 0 saturated heterocycles. The number of nitrogens with zero attached hydrogens (tertiary/aromatic N) is 4. The van der Waals surface area contributed by atoms with Crippen molar-refractivity contribution >= 4 is 39.8 Å². The molecule has 4 heterocycles. The van der Waals surface area contributed by atoms with E-state index in [4.69, 9.17) is 0 Å². The van der Waals surface area contributed by atoms with Gasteiger partial charge < -0.3 is 0 Å². The monoisotopic (exact) mass is 968 g/mol. The van der Waals surface area contributed by atoms with Crippen LogP contribution in [-0.4, -0.2) is 25.5 Å². The summed E-state index contributed by atoms with van der Waals surface area (Å²) < 4.78 is 8.80. The Hall–Kier alpha value is -8.16. The molecule has 9 aliphatic rings. The summed E-state index contributed by atoms with van der Waals surface area (Å²) in [5, 5.41) is 1.54. The van der Waals surface area contributed by atoms with Crippen LogP contribution in [0.3, 0.4) is 0 Å². The van der Waals surface area contributed by atoms with Crippen molar-refractivity contribution in [2.45, 2.75) is 87.9 Å². The summed E-state index contributed by atoms with van der Waals surface area (Å²) in [7, 11) is 0. The Kier molecular flexibility index (Phi) is 8.83. The first kappa shape index (κ1) is 42.2. The van der Waals surface area contributed by atoms with Gasteiger partial charge >= 0.3 is 6.98 Å². The minimum atomic E-state index is -0.521. The smallest absolute Gasteiger partial charge is 0.291 e. The summed E-state index contributed by atoms with van der Waals surface area (Å²) in [4.78, 5) is 32.4. The summed E-state index contributed by atoms with van der Waals surface area (Å²) in [5.41, 5.74) is 23.2. The number of benzene rings is 8. The van der Waals surface area contributed by atoms with Crippen LogP contribution < -0.4 is 16.6 Å². The maximum Gasteiger partial charge on any atom is 0.456 e. The average Bonchev–Trinajstić information content (AvgIpc) is 4.32. The van der Waals surface area contributed by atoms with E-state index in [1.165, 1.54) is 79.2 Å². The third-order valence-corrected chi connectivity index (χ3v) is 19.1. The van der Waals surface area contributed by atoms with Crippen LogP contribution in [0.1, 0.15) is 116 Å². The van der Waals surface area contributed by atoms with Crippen molar-refractivity contribution in [1.29, 1.82) is 0 Å². The van der Waals surface area contributed by atoms with E-state index in [9.17, 15) is 0 Å². The Morgan fingerprint density at radius 2 is 0.800 bits per heavy atom. The van der Waals surface area contributed by atoms with Crippen LogP contribution in [0, 0.1) is 0 Å². The number of hydrogen-bond acceptors (Lipinski definition) is 2. The molecular formula is C68H53BN4O2. The van der Waals surface area contributed by atoms with Gasteiger partial charge in [-0.25, -0.2) is 9.36 Å². The van der Waals surface area contributed by atoms with Crippen molar-refractivity contribution in [3.63, 3.8) is 0 Å². The van der Waals surface area contributed by atoms with Gasteiger partial charge in [-0.1, -0.05) is 146 Å². The van der Waals surface area contributed by atoms with Crippen molar-refractivity contribution < 1.29 is 0 Å². The second-order valence-electron chi connectivity index (χ2n) is 22.7. The first-order chi connectivity index (χ1) is 37.1. The highest BCUT2D eigenvalue weighted by Gasteiger charge is 2.51. The lowest BCUT2D eigenvalue weighted by atomic mass is 9.65. The Labute approximate surface area is 435 Å². The maximum absolute atomic E-state index is 16.2. The van der Waals surface area contributed by atoms with Crippen LogP contribution in [0.5, 0.6) is 0 Å². The number of rotatable bonds is 6. The summed E-state index contributed by atoms with van der Waals surface area (Å²) >= 11 is 0. The number of hydrogen-bond donors (Lipinski definition) is 0. The lowest BCUT2D eigenvalue weighted by Crippen LogP contribution is -2.40. The second kappa shape index (κ2) is 15.7. The Bertz CT molecular complexity index is 4250. The van der Waals surface area contributed by atoms with E-state index in [-0.39, 0.29) is 11.1 Å². The van der Waals surface area contributed by atoms with Gasteiger partial charge in [-0.05, 0) is 196 Å². The van der Waals surface area contributed by atoms with Crippen LogP contribution >= 0.6 is 0 Å². The molecule has 0 N–H and O–H groups in total. The maximum atomic E-state index is 16.2. The van der Waals surface area contributed by atoms with E-state index < -0.39 is 6.98 Å². The van der Waals surface area contributed by atoms with Crippen molar-refractivity contribution in [3.05, 3.63) is 224 Å². The van der Waals surface area contributed by atoms with E-state index in [1.54, 1.807) is 0 Å². The molecule has 0 unspecified atom stereocenters. The fourth-order valence-electron chi connectivity index (χ4n) is 15.8. The van der Waals surface area contributed by atoms with Crippen LogP contribution in [0.4, 0.5) is 0 Å². The molecule has 19 rings (SSSR count). The van der Waals surface area contributed by atoms with Crippen molar-refractivity contribution in [1.82, 2.24) is 18.5 Å². The number of fused-ring (bicyclic) bond motifs is 14. The predicted octanol–water partition coefficient (Wildman–Crippen LogP) is 14.9. The van der Waals surface area contributed by atoms with Gasteiger partial charge in [0.1, 0.15) is 0 Å². The normalized spacial score (nSPS) is 20.1. The Morgan fingerprint density at radius 1 is 0.400 bits per heavy atom. The Morgan fingerprint density at radius 3 is 1.21 bits per heavy atom. The molecule has 4 bridgehead atoms. The van der Waals surface area contributed by atoms with Crippen molar-refractivity contribution in [2.75, 3.05) is 0 Å². The van der Waals surface area contributed by atoms with E-state index in [0.29, 0.717) is 23.7 Å². The minimum absolute atomic E-state index is 0.00113. The van der Waals surface area contributed by atoms with Crippen molar-refractivity contribution in [3.8, 4) is 67.0 Å². The van der Waals surface area contributed by atoms with Gasteiger partial charge in [-0.3, -0.25) is 18.8 Å². The van der Waals surface area contributed by atoms with E-state index in [1.807, 2.05) is 0 Å². The molecule has 6 nitrogen and oxygen atoms in total. The van der Waals surface area contributed by atoms with Gasteiger partial charge in [0.05, 0.1) is 33.2 Å². The fourth-order valence-corrected chi connectivity index (χ4v) is 15.8. The molecule has 0 amide bonds. The minimum Gasteiger partial charge on any atom is -0.291 e. The summed E-state index contributed by atoms with van der Waals surface area (Å²) in [5.74, 6) is 1.94. The van der Waals surface area contributed by atoms with Gasteiger partial charge in [-0.2, -0.15) is 0 Å². The molecule has 2 aliphatic heterocycles. The third kappa shape index (κ3) is 5.76. The third-order valence-electron chi connectivity index (χ3n) is 19.1. The molecule has 2 fully saturated rings. The molecule has 10 aromatic rings. The highest BCUT2D eigenvalue weighted by molar-refractivity contribution is 6.76.